The van der Waals surface area contributed by atoms with E-state index in [1.54, 1.807) is 7.11 Å². The summed E-state index contributed by atoms with van der Waals surface area (Å²) in [5, 5.41) is 2.86. The molecule has 0 aromatic heterocycles. The van der Waals surface area contributed by atoms with E-state index in [1.165, 1.54) is 0 Å². The molecule has 1 amide bonds. The van der Waals surface area contributed by atoms with E-state index in [4.69, 9.17) is 4.74 Å². The van der Waals surface area contributed by atoms with E-state index in [1.807, 2.05) is 25.1 Å². The predicted octanol–water partition coefficient (Wildman–Crippen LogP) is 2.57. The number of nitrogens with one attached hydrogen (secondary N) is 1. The van der Waals surface area contributed by atoms with Gasteiger partial charge < -0.3 is 10.1 Å². The van der Waals surface area contributed by atoms with Gasteiger partial charge in [-0.15, -0.1) is 0 Å². The number of carbonyl (C=O) groups is 1. The summed E-state index contributed by atoms with van der Waals surface area (Å²) < 4.78 is 5.95. The van der Waals surface area contributed by atoms with Crippen LogP contribution in [0.3, 0.4) is 0 Å². The molecule has 0 fully saturated rings. The molecule has 0 unspecified atom stereocenters. The van der Waals surface area contributed by atoms with Gasteiger partial charge >= 0.3 is 0 Å². The number of halogens is 1. The lowest BCUT2D eigenvalue weighted by molar-refractivity contribution is -0.117. The Labute approximate surface area is 103 Å². The molecule has 3 nitrogen and oxygen atoms in total. The molecule has 4 heteroatoms. The molecule has 0 saturated carbocycles. The minimum atomic E-state index is -0.0121. The van der Waals surface area contributed by atoms with Crippen molar-refractivity contribution in [2.24, 2.45) is 0 Å². The average molecular weight is 319 g/mol. The van der Waals surface area contributed by atoms with Crippen molar-refractivity contribution >= 4 is 34.2 Å². The average Bonchev–Trinajstić information content (AvgIpc) is 2.20. The molecule has 82 valence electrons. The number of amides is 1. The fourth-order valence-corrected chi connectivity index (χ4v) is 1.63. The van der Waals surface area contributed by atoms with Crippen LogP contribution in [-0.4, -0.2) is 19.6 Å². The minimum Gasteiger partial charge on any atom is -0.384 e. The number of ether oxygens (including phenoxy) is 1. The molecule has 0 atom stereocenters. The fourth-order valence-electron chi connectivity index (χ4n) is 1.14. The lowest BCUT2D eigenvalue weighted by Gasteiger charge is -2.08. The lowest BCUT2D eigenvalue weighted by atomic mass is 10.2. The Balaban J connectivity index is 2.63. The second-order valence-corrected chi connectivity index (χ2v) is 4.50. The van der Waals surface area contributed by atoms with E-state index >= 15 is 0 Å². The van der Waals surface area contributed by atoms with E-state index in [0.717, 1.165) is 14.8 Å². The maximum absolute atomic E-state index is 11.4. The van der Waals surface area contributed by atoms with E-state index in [9.17, 15) is 4.79 Å². The molecule has 0 heterocycles. The van der Waals surface area contributed by atoms with Gasteiger partial charge in [0.15, 0.2) is 0 Å². The molecule has 0 spiro atoms. The molecule has 1 aromatic rings. The van der Waals surface area contributed by atoms with E-state index in [-0.39, 0.29) is 5.91 Å². The van der Waals surface area contributed by atoms with E-state index in [2.05, 4.69) is 27.9 Å². The molecule has 0 aliphatic rings. The van der Waals surface area contributed by atoms with Gasteiger partial charge in [0.1, 0.15) is 0 Å². The molecule has 0 aliphatic carbocycles. The maximum Gasteiger partial charge on any atom is 0.226 e. The van der Waals surface area contributed by atoms with Crippen molar-refractivity contribution in [2.45, 2.75) is 13.3 Å². The Morgan fingerprint density at radius 3 is 2.93 bits per heavy atom. The fraction of sp³-hybridized carbons (Fsp3) is 0.364. The van der Waals surface area contributed by atoms with Gasteiger partial charge in [-0.1, -0.05) is 6.07 Å². The van der Waals surface area contributed by atoms with Crippen LogP contribution in [0.15, 0.2) is 18.2 Å². The smallest absolute Gasteiger partial charge is 0.226 e. The van der Waals surface area contributed by atoms with Crippen LogP contribution in [0.4, 0.5) is 5.69 Å². The van der Waals surface area contributed by atoms with Crippen LogP contribution in [0, 0.1) is 10.5 Å². The Kier molecular flexibility index (Phi) is 5.04. The van der Waals surface area contributed by atoms with Crippen molar-refractivity contribution in [3.05, 3.63) is 27.3 Å². The topological polar surface area (TPSA) is 38.3 Å². The number of hydrogen-bond acceptors (Lipinski definition) is 2. The molecule has 0 saturated heterocycles. The van der Waals surface area contributed by atoms with Crippen molar-refractivity contribution < 1.29 is 9.53 Å². The van der Waals surface area contributed by atoms with Crippen molar-refractivity contribution in [3.63, 3.8) is 0 Å². The van der Waals surface area contributed by atoms with Gasteiger partial charge in [-0.05, 0) is 47.2 Å². The third-order valence-corrected chi connectivity index (χ3v) is 2.68. The van der Waals surface area contributed by atoms with Gasteiger partial charge in [-0.25, -0.2) is 0 Å². The zero-order chi connectivity index (χ0) is 11.3. The normalized spacial score (nSPS) is 10.1. The van der Waals surface area contributed by atoms with Crippen LogP contribution in [0.1, 0.15) is 12.0 Å². The highest BCUT2D eigenvalue weighted by atomic mass is 127. The highest BCUT2D eigenvalue weighted by molar-refractivity contribution is 14.1. The van der Waals surface area contributed by atoms with E-state index < -0.39 is 0 Å². The molecule has 1 rings (SSSR count). The van der Waals surface area contributed by atoms with Gasteiger partial charge in [0.05, 0.1) is 13.0 Å². The second kappa shape index (κ2) is 6.07. The first-order valence-electron chi connectivity index (χ1n) is 4.68. The molecule has 1 N–H and O–H groups in total. The number of hydrogen-bond donors (Lipinski definition) is 1. The Bertz CT molecular complexity index is 352. The van der Waals surface area contributed by atoms with Gasteiger partial charge in [0, 0.05) is 16.4 Å². The zero-order valence-corrected chi connectivity index (χ0v) is 11.0. The van der Waals surface area contributed by atoms with Crippen LogP contribution in [-0.2, 0) is 9.53 Å². The standard InChI is InChI=1S/C11H14INO2/c1-8-3-4-9(12)7-10(8)13-11(14)5-6-15-2/h3-4,7H,5-6H2,1-2H3,(H,13,14). The molecule has 0 bridgehead atoms. The summed E-state index contributed by atoms with van der Waals surface area (Å²) in [7, 11) is 1.59. The van der Waals surface area contributed by atoms with Gasteiger partial charge in [0.2, 0.25) is 5.91 Å². The van der Waals surface area contributed by atoms with Crippen molar-refractivity contribution in [2.75, 3.05) is 19.0 Å². The molecular weight excluding hydrogens is 305 g/mol. The first-order chi connectivity index (χ1) is 7.13. The Morgan fingerprint density at radius 1 is 1.53 bits per heavy atom. The number of carbonyl (C=O) groups excluding carboxylic acids is 1. The molecule has 15 heavy (non-hydrogen) atoms. The number of rotatable bonds is 4. The maximum atomic E-state index is 11.4. The van der Waals surface area contributed by atoms with Crippen molar-refractivity contribution in [3.8, 4) is 0 Å². The number of aryl methyl sites for hydroxylation is 1. The van der Waals surface area contributed by atoms with Crippen LogP contribution in [0.25, 0.3) is 0 Å². The summed E-state index contributed by atoms with van der Waals surface area (Å²) in [5.41, 5.74) is 1.95. The molecular formula is C11H14INO2. The first-order valence-corrected chi connectivity index (χ1v) is 5.76. The summed E-state index contributed by atoms with van der Waals surface area (Å²) in [6, 6.07) is 5.97. The first kappa shape index (κ1) is 12.4. The van der Waals surface area contributed by atoms with Crippen LogP contribution >= 0.6 is 22.6 Å². The Hall–Kier alpha value is -0.620. The summed E-state index contributed by atoms with van der Waals surface area (Å²) >= 11 is 2.22. The van der Waals surface area contributed by atoms with Gasteiger partial charge in [0.25, 0.3) is 0 Å². The monoisotopic (exact) mass is 319 g/mol. The summed E-state index contributed by atoms with van der Waals surface area (Å²) in [6.45, 7) is 2.43. The number of methoxy groups -OCH3 is 1. The largest absolute Gasteiger partial charge is 0.384 e. The predicted molar refractivity (Wildman–Crippen MR) is 69.0 cm³/mol. The van der Waals surface area contributed by atoms with E-state index in [0.29, 0.717) is 13.0 Å². The SMILES string of the molecule is COCCC(=O)Nc1cc(I)ccc1C. The third-order valence-electron chi connectivity index (χ3n) is 2.01. The van der Waals surface area contributed by atoms with Gasteiger partial charge in [-0.3, -0.25) is 4.79 Å². The highest BCUT2D eigenvalue weighted by Gasteiger charge is 2.04. The summed E-state index contributed by atoms with van der Waals surface area (Å²) in [4.78, 5) is 11.4. The third kappa shape index (κ3) is 4.17. The van der Waals surface area contributed by atoms with Crippen LogP contribution in [0.2, 0.25) is 0 Å². The summed E-state index contributed by atoms with van der Waals surface area (Å²) in [5.74, 6) is -0.0121. The minimum absolute atomic E-state index is 0.0121. The van der Waals surface area contributed by atoms with Crippen LogP contribution in [0.5, 0.6) is 0 Å². The highest BCUT2D eigenvalue weighted by Crippen LogP contribution is 2.18. The van der Waals surface area contributed by atoms with Gasteiger partial charge in [-0.2, -0.15) is 0 Å². The Morgan fingerprint density at radius 2 is 2.27 bits per heavy atom. The number of benzene rings is 1. The summed E-state index contributed by atoms with van der Waals surface area (Å²) in [6.07, 6.45) is 0.390. The van der Waals surface area contributed by atoms with Crippen molar-refractivity contribution in [1.82, 2.24) is 0 Å². The van der Waals surface area contributed by atoms with Crippen LogP contribution < -0.4 is 5.32 Å². The second-order valence-electron chi connectivity index (χ2n) is 3.25. The molecule has 0 aliphatic heterocycles. The quantitative estimate of drug-likeness (QED) is 0.866. The number of anilines is 1. The van der Waals surface area contributed by atoms with Crippen molar-refractivity contribution in [1.29, 1.82) is 0 Å². The zero-order valence-electron chi connectivity index (χ0n) is 8.84. The lowest BCUT2D eigenvalue weighted by Crippen LogP contribution is -2.14. The molecule has 0 radical (unpaired) electrons. The molecule has 1 aromatic carbocycles.